The zero-order valence-corrected chi connectivity index (χ0v) is 12.2. The zero-order valence-electron chi connectivity index (χ0n) is 12.2. The molecule has 1 aliphatic heterocycles. The minimum Gasteiger partial charge on any atom is -0.375 e. The van der Waals surface area contributed by atoms with Crippen molar-refractivity contribution < 1.29 is 9.53 Å². The molecule has 1 unspecified atom stereocenters. The van der Waals surface area contributed by atoms with Crippen molar-refractivity contribution in [3.63, 3.8) is 0 Å². The number of morpholine rings is 1. The summed E-state index contributed by atoms with van der Waals surface area (Å²) in [6, 6.07) is 10.5. The lowest BCUT2D eigenvalue weighted by Gasteiger charge is -2.33. The zero-order chi connectivity index (χ0) is 14.2. The van der Waals surface area contributed by atoms with Gasteiger partial charge in [-0.3, -0.25) is 0 Å². The molecule has 0 spiro atoms. The molecule has 0 radical (unpaired) electrons. The van der Waals surface area contributed by atoms with E-state index in [2.05, 4.69) is 36.5 Å². The highest BCUT2D eigenvalue weighted by molar-refractivity contribution is 5.74. The van der Waals surface area contributed by atoms with E-state index in [1.807, 2.05) is 11.0 Å². The number of amides is 2. The summed E-state index contributed by atoms with van der Waals surface area (Å²) in [5, 5.41) is 2.93. The summed E-state index contributed by atoms with van der Waals surface area (Å²) in [4.78, 5) is 13.8. The molecule has 1 aliphatic rings. The SMILES string of the molecule is CCCNC(=O)N1CCOC(CCc2ccccc2)C1. The number of benzene rings is 1. The predicted molar refractivity (Wildman–Crippen MR) is 79.8 cm³/mol. The first-order valence-electron chi connectivity index (χ1n) is 7.48. The van der Waals surface area contributed by atoms with Crippen molar-refractivity contribution in [2.75, 3.05) is 26.2 Å². The number of ether oxygens (including phenoxy) is 1. The number of nitrogens with zero attached hydrogens (tertiary/aromatic N) is 1. The smallest absolute Gasteiger partial charge is 0.317 e. The molecule has 0 aliphatic carbocycles. The Balaban J connectivity index is 1.77. The topological polar surface area (TPSA) is 41.6 Å². The number of hydrogen-bond donors (Lipinski definition) is 1. The molecule has 1 aromatic carbocycles. The van der Waals surface area contributed by atoms with Crippen molar-refractivity contribution in [1.82, 2.24) is 10.2 Å². The van der Waals surface area contributed by atoms with Crippen molar-refractivity contribution >= 4 is 6.03 Å². The van der Waals surface area contributed by atoms with E-state index in [1.54, 1.807) is 0 Å². The van der Waals surface area contributed by atoms with Crippen molar-refractivity contribution in [2.24, 2.45) is 0 Å². The number of nitrogens with one attached hydrogen (secondary N) is 1. The second kappa shape index (κ2) is 7.90. The number of hydrogen-bond acceptors (Lipinski definition) is 2. The van der Waals surface area contributed by atoms with Gasteiger partial charge in [-0.2, -0.15) is 0 Å². The van der Waals surface area contributed by atoms with Crippen molar-refractivity contribution in [3.8, 4) is 0 Å². The number of aryl methyl sites for hydroxylation is 1. The van der Waals surface area contributed by atoms with Gasteiger partial charge >= 0.3 is 6.03 Å². The molecule has 1 aromatic rings. The lowest BCUT2D eigenvalue weighted by molar-refractivity contribution is -0.0175. The van der Waals surface area contributed by atoms with E-state index in [-0.39, 0.29) is 12.1 Å². The van der Waals surface area contributed by atoms with Gasteiger partial charge in [-0.05, 0) is 24.8 Å². The maximum absolute atomic E-state index is 11.9. The Morgan fingerprint density at radius 2 is 2.20 bits per heavy atom. The summed E-state index contributed by atoms with van der Waals surface area (Å²) in [5.41, 5.74) is 1.32. The molecular formula is C16H24N2O2. The van der Waals surface area contributed by atoms with Gasteiger partial charge in [-0.15, -0.1) is 0 Å². The average Bonchev–Trinajstić information content (AvgIpc) is 2.52. The first-order valence-corrected chi connectivity index (χ1v) is 7.48. The van der Waals surface area contributed by atoms with Gasteiger partial charge < -0.3 is 15.0 Å². The van der Waals surface area contributed by atoms with Gasteiger partial charge in [0.1, 0.15) is 0 Å². The van der Waals surface area contributed by atoms with E-state index in [4.69, 9.17) is 4.74 Å². The van der Waals surface area contributed by atoms with E-state index in [0.29, 0.717) is 19.7 Å². The van der Waals surface area contributed by atoms with Gasteiger partial charge in [0.05, 0.1) is 12.7 Å². The maximum Gasteiger partial charge on any atom is 0.317 e. The highest BCUT2D eigenvalue weighted by Gasteiger charge is 2.23. The fourth-order valence-electron chi connectivity index (χ4n) is 2.39. The molecule has 4 nitrogen and oxygen atoms in total. The van der Waals surface area contributed by atoms with E-state index in [1.165, 1.54) is 5.56 Å². The molecule has 1 saturated heterocycles. The highest BCUT2D eigenvalue weighted by Crippen LogP contribution is 2.12. The normalized spacial score (nSPS) is 18.9. The summed E-state index contributed by atoms with van der Waals surface area (Å²) in [5.74, 6) is 0. The monoisotopic (exact) mass is 276 g/mol. The second-order valence-electron chi connectivity index (χ2n) is 5.20. The van der Waals surface area contributed by atoms with Crippen molar-refractivity contribution in [2.45, 2.75) is 32.3 Å². The van der Waals surface area contributed by atoms with Crippen LogP contribution in [0, 0.1) is 0 Å². The van der Waals surface area contributed by atoms with E-state index in [9.17, 15) is 4.79 Å². The minimum absolute atomic E-state index is 0.0415. The molecule has 2 rings (SSSR count). The number of carbonyl (C=O) groups is 1. The molecule has 1 heterocycles. The van der Waals surface area contributed by atoms with E-state index >= 15 is 0 Å². The van der Waals surface area contributed by atoms with Crippen LogP contribution in [-0.2, 0) is 11.2 Å². The fourth-order valence-corrected chi connectivity index (χ4v) is 2.39. The van der Waals surface area contributed by atoms with Gasteiger partial charge in [0, 0.05) is 19.6 Å². The predicted octanol–water partition coefficient (Wildman–Crippen LogP) is 2.44. The average molecular weight is 276 g/mol. The maximum atomic E-state index is 11.9. The Labute approximate surface area is 121 Å². The van der Waals surface area contributed by atoms with Gasteiger partial charge in [0.2, 0.25) is 0 Å². The van der Waals surface area contributed by atoms with Gasteiger partial charge in [-0.25, -0.2) is 4.79 Å². The van der Waals surface area contributed by atoms with Gasteiger partial charge in [-0.1, -0.05) is 37.3 Å². The minimum atomic E-state index is 0.0415. The molecular weight excluding hydrogens is 252 g/mol. The van der Waals surface area contributed by atoms with Crippen LogP contribution in [0.4, 0.5) is 4.79 Å². The van der Waals surface area contributed by atoms with Crippen LogP contribution in [0.5, 0.6) is 0 Å². The third-order valence-electron chi connectivity index (χ3n) is 3.55. The van der Waals surface area contributed by atoms with Crippen LogP contribution in [0.3, 0.4) is 0 Å². The molecule has 1 fully saturated rings. The Kier molecular flexibility index (Phi) is 5.87. The van der Waals surface area contributed by atoms with Crippen LogP contribution in [-0.4, -0.2) is 43.3 Å². The summed E-state index contributed by atoms with van der Waals surface area (Å²) >= 11 is 0. The first-order chi connectivity index (χ1) is 9.79. The third-order valence-corrected chi connectivity index (χ3v) is 3.55. The van der Waals surface area contributed by atoms with Crippen LogP contribution >= 0.6 is 0 Å². The summed E-state index contributed by atoms with van der Waals surface area (Å²) < 4.78 is 5.76. The lowest BCUT2D eigenvalue weighted by Crippen LogP contribution is -2.49. The Hall–Kier alpha value is -1.55. The van der Waals surface area contributed by atoms with Crippen LogP contribution in [0.2, 0.25) is 0 Å². The number of rotatable bonds is 5. The molecule has 4 heteroatoms. The standard InChI is InChI=1S/C16H24N2O2/c1-2-10-17-16(19)18-11-12-20-15(13-18)9-8-14-6-4-3-5-7-14/h3-7,15H,2,8-13H2,1H3,(H,17,19). The number of urea groups is 1. The van der Waals surface area contributed by atoms with Gasteiger partial charge in [0.25, 0.3) is 0 Å². The molecule has 0 bridgehead atoms. The summed E-state index contributed by atoms with van der Waals surface area (Å²) in [7, 11) is 0. The largest absolute Gasteiger partial charge is 0.375 e. The number of carbonyl (C=O) groups excluding carboxylic acids is 1. The molecule has 2 amide bonds. The molecule has 0 saturated carbocycles. The Bertz CT molecular complexity index is 408. The molecule has 20 heavy (non-hydrogen) atoms. The highest BCUT2D eigenvalue weighted by atomic mass is 16.5. The molecule has 110 valence electrons. The molecule has 0 aromatic heterocycles. The molecule has 1 N–H and O–H groups in total. The van der Waals surface area contributed by atoms with Crippen LogP contribution in [0.1, 0.15) is 25.3 Å². The summed E-state index contributed by atoms with van der Waals surface area (Å²) in [6.07, 6.45) is 3.07. The second-order valence-corrected chi connectivity index (χ2v) is 5.20. The third kappa shape index (κ3) is 4.53. The fraction of sp³-hybridized carbons (Fsp3) is 0.562. The van der Waals surface area contributed by atoms with Crippen LogP contribution < -0.4 is 5.32 Å². The molecule has 1 atom stereocenters. The van der Waals surface area contributed by atoms with E-state index in [0.717, 1.165) is 25.8 Å². The summed E-state index contributed by atoms with van der Waals surface area (Å²) in [6.45, 7) is 4.83. The van der Waals surface area contributed by atoms with Crippen LogP contribution in [0.15, 0.2) is 30.3 Å². The van der Waals surface area contributed by atoms with Gasteiger partial charge in [0.15, 0.2) is 0 Å². The lowest BCUT2D eigenvalue weighted by atomic mass is 10.1. The van der Waals surface area contributed by atoms with Crippen molar-refractivity contribution in [1.29, 1.82) is 0 Å². The van der Waals surface area contributed by atoms with Crippen molar-refractivity contribution in [3.05, 3.63) is 35.9 Å². The Morgan fingerprint density at radius 1 is 1.40 bits per heavy atom. The Morgan fingerprint density at radius 3 is 2.95 bits per heavy atom. The van der Waals surface area contributed by atoms with E-state index < -0.39 is 0 Å². The first kappa shape index (κ1) is 14.9. The quantitative estimate of drug-likeness (QED) is 0.897. The van der Waals surface area contributed by atoms with Crippen LogP contribution in [0.25, 0.3) is 0 Å².